The summed E-state index contributed by atoms with van der Waals surface area (Å²) in [5.41, 5.74) is 1.14. The molecule has 0 aliphatic rings. The second kappa shape index (κ2) is 6.45. The van der Waals surface area contributed by atoms with Crippen molar-refractivity contribution in [3.8, 4) is 5.75 Å². The first-order valence-corrected chi connectivity index (χ1v) is 7.56. The SMILES string of the molecule is Oc1ccccc1SCc1nnc(Cc2ccccc2)o1. The van der Waals surface area contributed by atoms with Crippen molar-refractivity contribution in [3.05, 3.63) is 71.9 Å². The van der Waals surface area contributed by atoms with Crippen LogP contribution in [-0.4, -0.2) is 15.3 Å². The maximum Gasteiger partial charge on any atom is 0.226 e. The number of thioether (sulfide) groups is 1. The third kappa shape index (κ3) is 3.64. The number of nitrogens with zero attached hydrogens (tertiary/aromatic N) is 2. The van der Waals surface area contributed by atoms with Gasteiger partial charge in [0.15, 0.2) is 0 Å². The number of hydrogen-bond donors (Lipinski definition) is 1. The highest BCUT2D eigenvalue weighted by Crippen LogP contribution is 2.30. The highest BCUT2D eigenvalue weighted by atomic mass is 32.2. The Labute approximate surface area is 126 Å². The fourth-order valence-corrected chi connectivity index (χ4v) is 2.69. The Hall–Kier alpha value is -2.27. The molecule has 3 rings (SSSR count). The van der Waals surface area contributed by atoms with E-state index in [-0.39, 0.29) is 5.75 Å². The number of phenolic OH excluding ortho intramolecular Hbond substituents is 1. The van der Waals surface area contributed by atoms with Gasteiger partial charge in [0.2, 0.25) is 11.8 Å². The number of aromatic hydroxyl groups is 1. The Bertz CT molecular complexity index is 713. The van der Waals surface area contributed by atoms with Crippen molar-refractivity contribution in [2.75, 3.05) is 0 Å². The lowest BCUT2D eigenvalue weighted by atomic mass is 10.2. The van der Waals surface area contributed by atoms with E-state index in [2.05, 4.69) is 10.2 Å². The van der Waals surface area contributed by atoms with Crippen molar-refractivity contribution in [2.45, 2.75) is 17.1 Å². The van der Waals surface area contributed by atoms with Gasteiger partial charge in [0, 0.05) is 4.90 Å². The lowest BCUT2D eigenvalue weighted by Gasteiger charge is -2.00. The molecule has 106 valence electrons. The molecule has 0 fully saturated rings. The van der Waals surface area contributed by atoms with Crippen LogP contribution in [0.25, 0.3) is 0 Å². The van der Waals surface area contributed by atoms with Gasteiger partial charge in [-0.3, -0.25) is 0 Å². The lowest BCUT2D eigenvalue weighted by Crippen LogP contribution is -1.87. The molecule has 0 spiro atoms. The first-order valence-electron chi connectivity index (χ1n) is 6.57. The summed E-state index contributed by atoms with van der Waals surface area (Å²) in [5, 5.41) is 17.8. The van der Waals surface area contributed by atoms with E-state index < -0.39 is 0 Å². The van der Waals surface area contributed by atoms with Gasteiger partial charge in [0.1, 0.15) is 5.75 Å². The zero-order valence-electron chi connectivity index (χ0n) is 11.3. The molecule has 1 aromatic heterocycles. The molecule has 3 aromatic rings. The van der Waals surface area contributed by atoms with Gasteiger partial charge >= 0.3 is 0 Å². The molecule has 0 bridgehead atoms. The van der Waals surface area contributed by atoms with E-state index in [1.807, 2.05) is 42.5 Å². The summed E-state index contributed by atoms with van der Waals surface area (Å²) in [6, 6.07) is 17.2. The molecular weight excluding hydrogens is 284 g/mol. The molecule has 4 nitrogen and oxygen atoms in total. The average Bonchev–Trinajstić information content (AvgIpc) is 2.95. The maximum atomic E-state index is 9.70. The van der Waals surface area contributed by atoms with Crippen LogP contribution in [-0.2, 0) is 12.2 Å². The molecule has 0 amide bonds. The first-order chi connectivity index (χ1) is 10.3. The smallest absolute Gasteiger partial charge is 0.226 e. The Kier molecular flexibility index (Phi) is 4.21. The van der Waals surface area contributed by atoms with Crippen molar-refractivity contribution >= 4 is 11.8 Å². The number of benzene rings is 2. The number of hydrogen-bond acceptors (Lipinski definition) is 5. The number of rotatable bonds is 5. The van der Waals surface area contributed by atoms with Crippen LogP contribution in [0.2, 0.25) is 0 Å². The van der Waals surface area contributed by atoms with E-state index in [9.17, 15) is 5.11 Å². The van der Waals surface area contributed by atoms with Crippen LogP contribution in [0.15, 0.2) is 63.9 Å². The molecule has 0 aliphatic carbocycles. The molecular formula is C16H14N2O2S. The number of para-hydroxylation sites is 1. The molecule has 0 atom stereocenters. The summed E-state index contributed by atoms with van der Waals surface area (Å²) in [4.78, 5) is 0.806. The molecule has 21 heavy (non-hydrogen) atoms. The summed E-state index contributed by atoms with van der Waals surface area (Å²) in [6.45, 7) is 0. The predicted molar refractivity (Wildman–Crippen MR) is 81.2 cm³/mol. The molecule has 1 heterocycles. The van der Waals surface area contributed by atoms with Crippen LogP contribution in [0.1, 0.15) is 17.3 Å². The van der Waals surface area contributed by atoms with Gasteiger partial charge < -0.3 is 9.52 Å². The fraction of sp³-hybridized carbons (Fsp3) is 0.125. The first kappa shape index (κ1) is 13.7. The van der Waals surface area contributed by atoms with Gasteiger partial charge in [-0.2, -0.15) is 0 Å². The van der Waals surface area contributed by atoms with Crippen LogP contribution in [0, 0.1) is 0 Å². The van der Waals surface area contributed by atoms with E-state index in [0.717, 1.165) is 10.5 Å². The van der Waals surface area contributed by atoms with Crippen LogP contribution >= 0.6 is 11.8 Å². The Morgan fingerprint density at radius 2 is 1.62 bits per heavy atom. The topological polar surface area (TPSA) is 59.2 Å². The third-order valence-corrected chi connectivity index (χ3v) is 3.97. The maximum absolute atomic E-state index is 9.70. The van der Waals surface area contributed by atoms with Gasteiger partial charge in [0.05, 0.1) is 12.2 Å². The molecule has 0 radical (unpaired) electrons. The minimum absolute atomic E-state index is 0.270. The normalized spacial score (nSPS) is 10.7. The second-order valence-electron chi connectivity index (χ2n) is 4.51. The van der Waals surface area contributed by atoms with Crippen LogP contribution in [0.5, 0.6) is 5.75 Å². The zero-order chi connectivity index (χ0) is 14.5. The highest BCUT2D eigenvalue weighted by Gasteiger charge is 2.08. The van der Waals surface area contributed by atoms with E-state index in [0.29, 0.717) is 24.0 Å². The van der Waals surface area contributed by atoms with Crippen molar-refractivity contribution in [3.63, 3.8) is 0 Å². The minimum Gasteiger partial charge on any atom is -0.507 e. The van der Waals surface area contributed by atoms with Gasteiger partial charge in [0.25, 0.3) is 0 Å². The molecule has 1 N–H and O–H groups in total. The molecule has 2 aromatic carbocycles. The lowest BCUT2D eigenvalue weighted by molar-refractivity contribution is 0.462. The van der Waals surface area contributed by atoms with Crippen molar-refractivity contribution in [2.24, 2.45) is 0 Å². The summed E-state index contributed by atoms with van der Waals surface area (Å²) in [7, 11) is 0. The number of phenols is 1. The largest absolute Gasteiger partial charge is 0.507 e. The average molecular weight is 298 g/mol. The van der Waals surface area contributed by atoms with Gasteiger partial charge in [-0.1, -0.05) is 42.5 Å². The zero-order valence-corrected chi connectivity index (χ0v) is 12.1. The van der Waals surface area contributed by atoms with Crippen molar-refractivity contribution < 1.29 is 9.52 Å². The van der Waals surface area contributed by atoms with E-state index in [1.165, 1.54) is 11.8 Å². The summed E-state index contributed by atoms with van der Waals surface area (Å²) >= 11 is 1.47. The minimum atomic E-state index is 0.270. The highest BCUT2D eigenvalue weighted by molar-refractivity contribution is 7.98. The Balaban J connectivity index is 1.62. The van der Waals surface area contributed by atoms with Crippen LogP contribution in [0.3, 0.4) is 0 Å². The van der Waals surface area contributed by atoms with E-state index in [4.69, 9.17) is 4.42 Å². The number of aromatic nitrogens is 2. The second-order valence-corrected chi connectivity index (χ2v) is 5.53. The molecule has 0 unspecified atom stereocenters. The van der Waals surface area contributed by atoms with Crippen LogP contribution < -0.4 is 0 Å². The van der Waals surface area contributed by atoms with E-state index in [1.54, 1.807) is 12.1 Å². The molecule has 0 saturated carbocycles. The molecule has 5 heteroatoms. The fourth-order valence-electron chi connectivity index (χ4n) is 1.91. The quantitative estimate of drug-likeness (QED) is 0.728. The van der Waals surface area contributed by atoms with E-state index >= 15 is 0 Å². The van der Waals surface area contributed by atoms with Gasteiger partial charge in [-0.05, 0) is 17.7 Å². The third-order valence-electron chi connectivity index (χ3n) is 2.92. The molecule has 0 aliphatic heterocycles. The van der Waals surface area contributed by atoms with Gasteiger partial charge in [-0.25, -0.2) is 0 Å². The predicted octanol–water partition coefficient (Wildman–Crippen LogP) is 3.66. The molecule has 0 saturated heterocycles. The summed E-state index contributed by atoms with van der Waals surface area (Å²) in [5.74, 6) is 1.98. The summed E-state index contributed by atoms with van der Waals surface area (Å²) < 4.78 is 5.62. The summed E-state index contributed by atoms with van der Waals surface area (Å²) in [6.07, 6.45) is 0.634. The monoisotopic (exact) mass is 298 g/mol. The van der Waals surface area contributed by atoms with Crippen molar-refractivity contribution in [1.82, 2.24) is 10.2 Å². The Morgan fingerprint density at radius 1 is 0.905 bits per heavy atom. The standard InChI is InChI=1S/C16H14N2O2S/c19-13-8-4-5-9-14(13)21-11-16-18-17-15(20-16)10-12-6-2-1-3-7-12/h1-9,19H,10-11H2. The Morgan fingerprint density at radius 3 is 2.43 bits per heavy atom. The van der Waals surface area contributed by atoms with Gasteiger partial charge in [-0.15, -0.1) is 22.0 Å². The van der Waals surface area contributed by atoms with Crippen LogP contribution in [0.4, 0.5) is 0 Å². The van der Waals surface area contributed by atoms with Crippen molar-refractivity contribution in [1.29, 1.82) is 0 Å².